The number of rotatable bonds is 2. The third-order valence-electron chi connectivity index (χ3n) is 1.75. The predicted molar refractivity (Wildman–Crippen MR) is 55.7 cm³/mol. The van der Waals surface area contributed by atoms with E-state index in [1.165, 1.54) is 6.92 Å². The van der Waals surface area contributed by atoms with Crippen molar-refractivity contribution in [1.29, 1.82) is 0 Å². The van der Waals surface area contributed by atoms with Crippen LogP contribution in [0.5, 0.6) is 0 Å². The lowest BCUT2D eigenvalue weighted by atomic mass is 10.2. The first kappa shape index (κ1) is 11.2. The van der Waals surface area contributed by atoms with Crippen molar-refractivity contribution in [3.05, 3.63) is 35.9 Å². The van der Waals surface area contributed by atoms with Crippen LogP contribution in [0.15, 0.2) is 30.3 Å². The zero-order valence-corrected chi connectivity index (χ0v) is 8.36. The molecule has 80 valence electrons. The molecule has 0 unspecified atom stereocenters. The third-order valence-corrected chi connectivity index (χ3v) is 1.75. The molecule has 0 heterocycles. The van der Waals surface area contributed by atoms with Gasteiger partial charge in [0.05, 0.1) is 6.04 Å². The summed E-state index contributed by atoms with van der Waals surface area (Å²) in [5.41, 5.74) is 10.3. The molecular weight excluding hydrogens is 194 g/mol. The van der Waals surface area contributed by atoms with Crippen LogP contribution in [-0.2, 0) is 4.79 Å². The molecule has 4 N–H and O–H groups in total. The molecule has 1 rings (SSSR count). The Bertz CT molecular complexity index is 349. The van der Waals surface area contributed by atoms with Crippen LogP contribution in [0.3, 0.4) is 0 Å². The summed E-state index contributed by atoms with van der Waals surface area (Å²) in [6.07, 6.45) is 0. The van der Waals surface area contributed by atoms with Crippen LogP contribution in [0.25, 0.3) is 0 Å². The molecule has 2 amide bonds. The van der Waals surface area contributed by atoms with Gasteiger partial charge in [0, 0.05) is 5.56 Å². The molecule has 1 atom stereocenters. The Labute approximate surface area is 87.6 Å². The van der Waals surface area contributed by atoms with Crippen molar-refractivity contribution < 1.29 is 9.59 Å². The Morgan fingerprint density at radius 3 is 2.33 bits per heavy atom. The van der Waals surface area contributed by atoms with E-state index in [0.29, 0.717) is 5.56 Å². The molecule has 0 fully saturated rings. The fraction of sp³-hybridized carbons (Fsp3) is 0.200. The van der Waals surface area contributed by atoms with Gasteiger partial charge in [-0.3, -0.25) is 20.4 Å². The summed E-state index contributed by atoms with van der Waals surface area (Å²) in [7, 11) is 0. The quantitative estimate of drug-likeness (QED) is 0.587. The van der Waals surface area contributed by atoms with Crippen LogP contribution >= 0.6 is 0 Å². The van der Waals surface area contributed by atoms with E-state index in [1.807, 2.05) is 0 Å². The number of hydrazine groups is 1. The number of benzene rings is 1. The Morgan fingerprint density at radius 2 is 1.80 bits per heavy atom. The van der Waals surface area contributed by atoms with E-state index in [-0.39, 0.29) is 5.91 Å². The van der Waals surface area contributed by atoms with Gasteiger partial charge >= 0.3 is 0 Å². The van der Waals surface area contributed by atoms with Gasteiger partial charge in [0.15, 0.2) is 0 Å². The normalized spacial score (nSPS) is 11.6. The monoisotopic (exact) mass is 207 g/mol. The summed E-state index contributed by atoms with van der Waals surface area (Å²) in [5, 5.41) is 0. The van der Waals surface area contributed by atoms with Crippen LogP contribution < -0.4 is 16.6 Å². The maximum atomic E-state index is 11.4. The number of hydrogen-bond donors (Lipinski definition) is 3. The molecule has 0 saturated heterocycles. The second-order valence-corrected chi connectivity index (χ2v) is 3.10. The first-order valence-corrected chi connectivity index (χ1v) is 4.52. The zero-order valence-electron chi connectivity index (χ0n) is 8.36. The van der Waals surface area contributed by atoms with Gasteiger partial charge in [0.25, 0.3) is 11.8 Å². The molecular formula is C10H13N3O2. The first-order chi connectivity index (χ1) is 7.11. The van der Waals surface area contributed by atoms with Crippen molar-refractivity contribution in [3.63, 3.8) is 0 Å². The van der Waals surface area contributed by atoms with Gasteiger partial charge in [-0.1, -0.05) is 18.2 Å². The Kier molecular flexibility index (Phi) is 3.82. The average molecular weight is 207 g/mol. The molecule has 0 aliphatic rings. The van der Waals surface area contributed by atoms with E-state index in [4.69, 9.17) is 5.73 Å². The number of nitrogens with one attached hydrogen (secondary N) is 2. The lowest BCUT2D eigenvalue weighted by molar-refractivity contribution is -0.122. The van der Waals surface area contributed by atoms with Crippen molar-refractivity contribution in [2.24, 2.45) is 5.73 Å². The van der Waals surface area contributed by atoms with Crippen molar-refractivity contribution in [2.75, 3.05) is 0 Å². The molecule has 1 aromatic rings. The van der Waals surface area contributed by atoms with Crippen LogP contribution in [0, 0.1) is 0 Å². The maximum absolute atomic E-state index is 11.4. The third kappa shape index (κ3) is 3.40. The second kappa shape index (κ2) is 5.11. The lowest BCUT2D eigenvalue weighted by Crippen LogP contribution is -2.48. The maximum Gasteiger partial charge on any atom is 0.269 e. The summed E-state index contributed by atoms with van der Waals surface area (Å²) in [5.74, 6) is -0.802. The number of amides is 2. The highest BCUT2D eigenvalue weighted by atomic mass is 16.2. The number of nitrogens with two attached hydrogens (primary N) is 1. The van der Waals surface area contributed by atoms with Crippen molar-refractivity contribution in [1.82, 2.24) is 10.9 Å². The van der Waals surface area contributed by atoms with Gasteiger partial charge in [-0.25, -0.2) is 0 Å². The van der Waals surface area contributed by atoms with E-state index in [9.17, 15) is 9.59 Å². The van der Waals surface area contributed by atoms with Gasteiger partial charge in [0.2, 0.25) is 0 Å². The molecule has 15 heavy (non-hydrogen) atoms. The molecule has 5 heteroatoms. The van der Waals surface area contributed by atoms with E-state index in [2.05, 4.69) is 10.9 Å². The number of carbonyl (C=O) groups is 2. The highest BCUT2D eigenvalue weighted by molar-refractivity contribution is 5.95. The number of hydrogen-bond acceptors (Lipinski definition) is 3. The average Bonchev–Trinajstić information content (AvgIpc) is 2.26. The minimum atomic E-state index is -0.652. The fourth-order valence-electron chi connectivity index (χ4n) is 0.894. The summed E-state index contributed by atoms with van der Waals surface area (Å²) >= 11 is 0. The Balaban J connectivity index is 2.48. The van der Waals surface area contributed by atoms with Crippen molar-refractivity contribution >= 4 is 11.8 Å². The first-order valence-electron chi connectivity index (χ1n) is 4.52. The molecule has 0 saturated carbocycles. The highest BCUT2D eigenvalue weighted by Crippen LogP contribution is 1.96. The van der Waals surface area contributed by atoms with Gasteiger partial charge in [0.1, 0.15) is 0 Å². The van der Waals surface area contributed by atoms with Crippen LogP contribution in [0.2, 0.25) is 0 Å². The van der Waals surface area contributed by atoms with E-state index in [1.54, 1.807) is 30.3 Å². The second-order valence-electron chi connectivity index (χ2n) is 3.10. The minimum absolute atomic E-state index is 0.371. The molecule has 0 bridgehead atoms. The summed E-state index contributed by atoms with van der Waals surface area (Å²) < 4.78 is 0. The molecule has 0 radical (unpaired) electrons. The molecule has 1 aromatic carbocycles. The van der Waals surface area contributed by atoms with Gasteiger partial charge in [-0.05, 0) is 19.1 Å². The molecule has 5 nitrogen and oxygen atoms in total. The topological polar surface area (TPSA) is 84.2 Å². The summed E-state index contributed by atoms with van der Waals surface area (Å²) in [4.78, 5) is 22.4. The molecule has 0 aromatic heterocycles. The molecule has 0 spiro atoms. The standard InChI is InChI=1S/C10H13N3O2/c1-7(11)9(14)12-13-10(15)8-5-3-2-4-6-8/h2-7H,11H2,1H3,(H,12,14)(H,13,15)/t7-/m0/s1. The fourth-order valence-corrected chi connectivity index (χ4v) is 0.894. The van der Waals surface area contributed by atoms with Gasteiger partial charge in [-0.2, -0.15) is 0 Å². The van der Waals surface area contributed by atoms with Crippen molar-refractivity contribution in [2.45, 2.75) is 13.0 Å². The molecule has 0 aliphatic carbocycles. The largest absolute Gasteiger partial charge is 0.320 e. The Morgan fingerprint density at radius 1 is 1.20 bits per heavy atom. The number of carbonyl (C=O) groups excluding carboxylic acids is 2. The lowest BCUT2D eigenvalue weighted by Gasteiger charge is -2.08. The summed E-state index contributed by atoms with van der Waals surface area (Å²) in [6, 6.07) is 7.92. The smallest absolute Gasteiger partial charge is 0.269 e. The van der Waals surface area contributed by atoms with Crippen molar-refractivity contribution in [3.8, 4) is 0 Å². The minimum Gasteiger partial charge on any atom is -0.320 e. The van der Waals surface area contributed by atoms with Crippen LogP contribution in [-0.4, -0.2) is 17.9 Å². The Hall–Kier alpha value is -1.88. The van der Waals surface area contributed by atoms with E-state index >= 15 is 0 Å². The van der Waals surface area contributed by atoms with E-state index in [0.717, 1.165) is 0 Å². The van der Waals surface area contributed by atoms with Gasteiger partial charge in [-0.15, -0.1) is 0 Å². The van der Waals surface area contributed by atoms with Crippen LogP contribution in [0.4, 0.5) is 0 Å². The molecule has 0 aliphatic heterocycles. The highest BCUT2D eigenvalue weighted by Gasteiger charge is 2.09. The van der Waals surface area contributed by atoms with Gasteiger partial charge < -0.3 is 5.73 Å². The van der Waals surface area contributed by atoms with Crippen LogP contribution in [0.1, 0.15) is 17.3 Å². The van der Waals surface area contributed by atoms with E-state index < -0.39 is 11.9 Å². The summed E-state index contributed by atoms with van der Waals surface area (Å²) in [6.45, 7) is 1.53. The predicted octanol–water partition coefficient (Wildman–Crippen LogP) is -0.205. The zero-order chi connectivity index (χ0) is 11.3. The SMILES string of the molecule is C[C@H](N)C(=O)NNC(=O)c1ccccc1.